The summed E-state index contributed by atoms with van der Waals surface area (Å²) in [5.74, 6) is 1.42. The molecule has 6 heteroatoms. The van der Waals surface area contributed by atoms with Crippen molar-refractivity contribution in [2.24, 2.45) is 0 Å². The quantitative estimate of drug-likeness (QED) is 0.625. The molecule has 0 spiro atoms. The average Bonchev–Trinajstić information content (AvgIpc) is 3.40. The van der Waals surface area contributed by atoms with Gasteiger partial charge in [-0.3, -0.25) is 4.79 Å². The maximum atomic E-state index is 13.0. The SMILES string of the molecule is CC1(C)Cc2cccc(OCC(=O)N3CCC[C@@H]3c3nc4ccccc4s3)c2O1. The summed E-state index contributed by atoms with van der Waals surface area (Å²) in [6, 6.07) is 14.1. The molecule has 1 amide bonds. The summed E-state index contributed by atoms with van der Waals surface area (Å²) in [6.45, 7) is 4.89. The van der Waals surface area contributed by atoms with E-state index in [0.29, 0.717) is 5.75 Å². The van der Waals surface area contributed by atoms with Gasteiger partial charge in [0.2, 0.25) is 0 Å². The lowest BCUT2D eigenvalue weighted by Gasteiger charge is -2.23. The Morgan fingerprint density at radius 2 is 2.14 bits per heavy atom. The highest BCUT2D eigenvalue weighted by molar-refractivity contribution is 7.18. The van der Waals surface area contributed by atoms with Crippen molar-refractivity contribution in [3.63, 3.8) is 0 Å². The molecule has 29 heavy (non-hydrogen) atoms. The number of rotatable bonds is 4. The molecule has 0 aliphatic carbocycles. The van der Waals surface area contributed by atoms with E-state index < -0.39 is 0 Å². The summed E-state index contributed by atoms with van der Waals surface area (Å²) in [5, 5.41) is 1.02. The van der Waals surface area contributed by atoms with Crippen LogP contribution in [0.15, 0.2) is 42.5 Å². The molecule has 1 aromatic heterocycles. The van der Waals surface area contributed by atoms with Gasteiger partial charge in [0.25, 0.3) is 5.91 Å². The summed E-state index contributed by atoms with van der Waals surface area (Å²) in [4.78, 5) is 19.7. The van der Waals surface area contributed by atoms with E-state index >= 15 is 0 Å². The van der Waals surface area contributed by atoms with Crippen molar-refractivity contribution in [1.82, 2.24) is 9.88 Å². The van der Waals surface area contributed by atoms with Crippen LogP contribution in [0.4, 0.5) is 0 Å². The number of carbonyl (C=O) groups is 1. The van der Waals surface area contributed by atoms with Crippen molar-refractivity contribution in [1.29, 1.82) is 0 Å². The molecule has 150 valence electrons. The number of para-hydroxylation sites is 2. The molecule has 0 N–H and O–H groups in total. The van der Waals surface area contributed by atoms with Gasteiger partial charge in [0.15, 0.2) is 18.1 Å². The van der Waals surface area contributed by atoms with Gasteiger partial charge >= 0.3 is 0 Å². The van der Waals surface area contributed by atoms with E-state index in [1.165, 1.54) is 0 Å². The lowest BCUT2D eigenvalue weighted by molar-refractivity contribution is -0.134. The summed E-state index contributed by atoms with van der Waals surface area (Å²) in [7, 11) is 0. The fraction of sp³-hybridized carbons (Fsp3) is 0.391. The number of carbonyl (C=O) groups excluding carboxylic acids is 1. The summed E-state index contributed by atoms with van der Waals surface area (Å²) in [5.41, 5.74) is 1.90. The second kappa shape index (κ2) is 7.02. The van der Waals surface area contributed by atoms with E-state index in [9.17, 15) is 4.79 Å². The van der Waals surface area contributed by atoms with Crippen LogP contribution >= 0.6 is 11.3 Å². The van der Waals surface area contributed by atoms with E-state index in [2.05, 4.69) is 26.0 Å². The number of thiazole rings is 1. The Balaban J connectivity index is 1.31. The number of fused-ring (bicyclic) bond motifs is 2. The predicted molar refractivity (Wildman–Crippen MR) is 114 cm³/mol. The van der Waals surface area contributed by atoms with Gasteiger partial charge in [-0.15, -0.1) is 11.3 Å². The third kappa shape index (κ3) is 3.46. The third-order valence-electron chi connectivity index (χ3n) is 5.57. The van der Waals surface area contributed by atoms with Gasteiger partial charge in [-0.1, -0.05) is 24.3 Å². The highest BCUT2D eigenvalue weighted by atomic mass is 32.1. The summed E-state index contributed by atoms with van der Waals surface area (Å²) < 4.78 is 13.1. The Hall–Kier alpha value is -2.60. The number of benzene rings is 2. The maximum absolute atomic E-state index is 13.0. The van der Waals surface area contributed by atoms with Crippen LogP contribution < -0.4 is 9.47 Å². The van der Waals surface area contributed by atoms with E-state index in [0.717, 1.165) is 52.3 Å². The van der Waals surface area contributed by atoms with Crippen LogP contribution in [0.3, 0.4) is 0 Å². The summed E-state index contributed by atoms with van der Waals surface area (Å²) in [6.07, 6.45) is 2.78. The van der Waals surface area contributed by atoms with Gasteiger partial charge in [-0.2, -0.15) is 0 Å². The molecule has 1 atom stereocenters. The minimum absolute atomic E-state index is 0.00150. The fourth-order valence-electron chi connectivity index (χ4n) is 4.28. The van der Waals surface area contributed by atoms with Crippen LogP contribution in [0.5, 0.6) is 11.5 Å². The third-order valence-corrected chi connectivity index (χ3v) is 6.71. The van der Waals surface area contributed by atoms with E-state index in [-0.39, 0.29) is 24.2 Å². The van der Waals surface area contributed by atoms with Crippen LogP contribution in [-0.4, -0.2) is 34.5 Å². The van der Waals surface area contributed by atoms with Crippen molar-refractivity contribution in [3.05, 3.63) is 53.0 Å². The molecule has 2 aliphatic rings. The molecule has 1 saturated heterocycles. The van der Waals surface area contributed by atoms with Crippen molar-refractivity contribution in [2.75, 3.05) is 13.2 Å². The number of amides is 1. The average molecular weight is 409 g/mol. The largest absolute Gasteiger partial charge is 0.483 e. The van der Waals surface area contributed by atoms with Gasteiger partial charge in [-0.05, 0) is 44.9 Å². The van der Waals surface area contributed by atoms with Crippen molar-refractivity contribution in [3.8, 4) is 11.5 Å². The number of hydrogen-bond donors (Lipinski definition) is 0. The first kappa shape index (κ1) is 18.4. The lowest BCUT2D eigenvalue weighted by atomic mass is 10.0. The number of likely N-dealkylation sites (tertiary alicyclic amines) is 1. The molecule has 0 saturated carbocycles. The predicted octanol–water partition coefficient (Wildman–Crippen LogP) is 4.75. The first-order valence-electron chi connectivity index (χ1n) is 10.1. The van der Waals surface area contributed by atoms with Crippen LogP contribution in [0.25, 0.3) is 10.2 Å². The Morgan fingerprint density at radius 3 is 3.00 bits per heavy atom. The zero-order valence-electron chi connectivity index (χ0n) is 16.7. The highest BCUT2D eigenvalue weighted by Crippen LogP contribution is 2.42. The standard InChI is InChI=1S/C23H24N2O3S/c1-23(2)13-15-7-5-10-18(21(15)28-23)27-14-20(26)25-12-6-9-17(25)22-24-16-8-3-4-11-19(16)29-22/h3-5,7-8,10-11,17H,6,9,12-14H2,1-2H3/t17-/m1/s1. The van der Waals surface area contributed by atoms with Crippen LogP contribution in [0.2, 0.25) is 0 Å². The number of aromatic nitrogens is 1. The van der Waals surface area contributed by atoms with E-state index in [1.807, 2.05) is 35.2 Å². The van der Waals surface area contributed by atoms with Gasteiger partial charge in [0.05, 0.1) is 16.3 Å². The van der Waals surface area contributed by atoms with Gasteiger partial charge < -0.3 is 14.4 Å². The van der Waals surface area contributed by atoms with Crippen LogP contribution in [-0.2, 0) is 11.2 Å². The fourth-order valence-corrected chi connectivity index (χ4v) is 5.39. The Morgan fingerprint density at radius 1 is 1.28 bits per heavy atom. The molecule has 3 aromatic rings. The number of hydrogen-bond acceptors (Lipinski definition) is 5. The molecule has 1 fully saturated rings. The second-order valence-corrected chi connectivity index (χ2v) is 9.40. The lowest BCUT2D eigenvalue weighted by Crippen LogP contribution is -2.34. The second-order valence-electron chi connectivity index (χ2n) is 8.34. The Bertz CT molecular complexity index is 1040. The number of ether oxygens (including phenoxy) is 2. The zero-order chi connectivity index (χ0) is 20.0. The minimum Gasteiger partial charge on any atom is -0.483 e. The molecular formula is C23H24N2O3S. The normalized spacial score (nSPS) is 19.9. The minimum atomic E-state index is -0.237. The molecule has 3 heterocycles. The first-order valence-corrected chi connectivity index (χ1v) is 10.9. The topological polar surface area (TPSA) is 51.7 Å². The number of nitrogens with zero attached hydrogens (tertiary/aromatic N) is 2. The molecule has 2 aromatic carbocycles. The highest BCUT2D eigenvalue weighted by Gasteiger charge is 2.34. The van der Waals surface area contributed by atoms with E-state index in [1.54, 1.807) is 11.3 Å². The van der Waals surface area contributed by atoms with Crippen molar-refractivity contribution in [2.45, 2.75) is 44.8 Å². The van der Waals surface area contributed by atoms with E-state index in [4.69, 9.17) is 14.5 Å². The molecule has 5 rings (SSSR count). The maximum Gasteiger partial charge on any atom is 0.261 e. The van der Waals surface area contributed by atoms with Gasteiger partial charge in [0.1, 0.15) is 10.6 Å². The Kier molecular flexibility index (Phi) is 4.46. The Labute approximate surface area is 174 Å². The van der Waals surface area contributed by atoms with Crippen LogP contribution in [0, 0.1) is 0 Å². The zero-order valence-corrected chi connectivity index (χ0v) is 17.5. The molecular weight excluding hydrogens is 384 g/mol. The smallest absolute Gasteiger partial charge is 0.261 e. The molecule has 5 nitrogen and oxygen atoms in total. The first-order chi connectivity index (χ1) is 14.0. The summed E-state index contributed by atoms with van der Waals surface area (Å²) >= 11 is 1.68. The molecule has 2 aliphatic heterocycles. The molecule has 0 bridgehead atoms. The van der Waals surface area contributed by atoms with Crippen molar-refractivity contribution >= 4 is 27.5 Å². The molecule has 0 unspecified atom stereocenters. The van der Waals surface area contributed by atoms with Gasteiger partial charge in [-0.25, -0.2) is 4.98 Å². The van der Waals surface area contributed by atoms with Crippen LogP contribution in [0.1, 0.15) is 43.3 Å². The van der Waals surface area contributed by atoms with Crippen molar-refractivity contribution < 1.29 is 14.3 Å². The monoisotopic (exact) mass is 408 g/mol. The van der Waals surface area contributed by atoms with Gasteiger partial charge in [0, 0.05) is 18.5 Å². The molecule has 0 radical (unpaired) electrons.